The Bertz CT molecular complexity index is 1430. The molecule has 0 aliphatic carbocycles. The molecule has 0 fully saturated rings. The number of rotatable bonds is 10. The summed E-state index contributed by atoms with van der Waals surface area (Å²) in [6.45, 7) is 10.8. The fraction of sp³-hybridized carbons (Fsp3) is 0.355. The molecular weight excluding hydrogens is 546 g/mol. The van der Waals surface area contributed by atoms with Crippen LogP contribution in [-0.2, 0) is 26.2 Å². The van der Waals surface area contributed by atoms with Crippen molar-refractivity contribution in [3.63, 3.8) is 0 Å². The predicted molar refractivity (Wildman–Crippen MR) is 161 cm³/mol. The minimum absolute atomic E-state index is 0.0796. The summed E-state index contributed by atoms with van der Waals surface area (Å²) in [5.41, 5.74) is 2.27. The summed E-state index contributed by atoms with van der Waals surface area (Å²) in [5, 5.41) is 3.52. The first kappa shape index (κ1) is 31.2. The van der Waals surface area contributed by atoms with E-state index in [1.54, 1.807) is 61.5 Å². The summed E-state index contributed by atoms with van der Waals surface area (Å²) in [5.74, 6) is -0.800. The van der Waals surface area contributed by atoms with Crippen LogP contribution in [0.4, 0.5) is 5.69 Å². The van der Waals surface area contributed by atoms with Crippen LogP contribution in [0.25, 0.3) is 0 Å². The number of benzene rings is 3. The molecule has 3 aromatic rings. The lowest BCUT2D eigenvalue weighted by Crippen LogP contribution is -2.55. The van der Waals surface area contributed by atoms with E-state index in [0.717, 1.165) is 15.4 Å². The van der Waals surface area contributed by atoms with E-state index in [4.69, 9.17) is 11.6 Å². The van der Waals surface area contributed by atoms with Crippen molar-refractivity contribution in [1.82, 2.24) is 10.2 Å². The summed E-state index contributed by atoms with van der Waals surface area (Å²) >= 11 is 6.08. The number of nitrogens with zero attached hydrogens (tertiary/aromatic N) is 2. The van der Waals surface area contributed by atoms with Gasteiger partial charge in [0.15, 0.2) is 0 Å². The van der Waals surface area contributed by atoms with Gasteiger partial charge < -0.3 is 10.2 Å². The van der Waals surface area contributed by atoms with Crippen LogP contribution in [-0.4, -0.2) is 43.3 Å². The molecule has 7 nitrogen and oxygen atoms in total. The molecule has 0 heterocycles. The van der Waals surface area contributed by atoms with Crippen LogP contribution >= 0.6 is 11.6 Å². The SMILES string of the molecule is CC[C@@H](C(=O)NC(C)(C)C)N(Cc1ccc(Cl)cc1)C(=O)CN(c1ccccc1C)S(=O)(=O)c1ccc(C)cc1. The Balaban J connectivity index is 2.08. The van der Waals surface area contributed by atoms with Crippen LogP contribution < -0.4 is 9.62 Å². The maximum atomic E-state index is 14.1. The summed E-state index contributed by atoms with van der Waals surface area (Å²) < 4.78 is 29.1. The van der Waals surface area contributed by atoms with Crippen LogP contribution in [0.1, 0.15) is 50.8 Å². The van der Waals surface area contributed by atoms with Crippen LogP contribution in [0, 0.1) is 13.8 Å². The Morgan fingerprint density at radius 1 is 0.925 bits per heavy atom. The van der Waals surface area contributed by atoms with Crippen molar-refractivity contribution in [3.05, 3.63) is 94.5 Å². The van der Waals surface area contributed by atoms with E-state index in [0.29, 0.717) is 22.7 Å². The number of hydrogen-bond donors (Lipinski definition) is 1. The van der Waals surface area contributed by atoms with E-state index in [-0.39, 0.29) is 17.3 Å². The van der Waals surface area contributed by atoms with Gasteiger partial charge in [0.25, 0.3) is 10.0 Å². The van der Waals surface area contributed by atoms with E-state index in [1.807, 2.05) is 40.7 Å². The number of nitrogens with one attached hydrogen (secondary N) is 1. The molecule has 0 aliphatic rings. The van der Waals surface area contributed by atoms with Gasteiger partial charge in [0.05, 0.1) is 10.6 Å². The second-order valence-corrected chi connectivity index (χ2v) is 13.2. The number of aryl methyl sites for hydroxylation is 2. The third-order valence-electron chi connectivity index (χ3n) is 6.42. The van der Waals surface area contributed by atoms with Crippen molar-refractivity contribution < 1.29 is 18.0 Å². The molecule has 0 bridgehead atoms. The zero-order valence-corrected chi connectivity index (χ0v) is 25.5. The van der Waals surface area contributed by atoms with Gasteiger partial charge in [-0.1, -0.05) is 66.6 Å². The van der Waals surface area contributed by atoms with Crippen molar-refractivity contribution >= 4 is 39.1 Å². The molecule has 3 rings (SSSR count). The first-order valence-electron chi connectivity index (χ1n) is 13.2. The zero-order valence-electron chi connectivity index (χ0n) is 23.9. The van der Waals surface area contributed by atoms with Crippen molar-refractivity contribution in [2.45, 2.75) is 71.0 Å². The number of carbonyl (C=O) groups is 2. The van der Waals surface area contributed by atoms with E-state index in [1.165, 1.54) is 17.0 Å². The minimum Gasteiger partial charge on any atom is -0.350 e. The van der Waals surface area contributed by atoms with Gasteiger partial charge in [0.1, 0.15) is 12.6 Å². The molecule has 40 heavy (non-hydrogen) atoms. The fourth-order valence-electron chi connectivity index (χ4n) is 4.35. The normalized spacial score (nSPS) is 12.5. The number of carbonyl (C=O) groups excluding carboxylic acids is 2. The highest BCUT2D eigenvalue weighted by Crippen LogP contribution is 2.28. The molecular formula is C31H38ClN3O4S. The highest BCUT2D eigenvalue weighted by molar-refractivity contribution is 7.92. The largest absolute Gasteiger partial charge is 0.350 e. The fourth-order valence-corrected chi connectivity index (χ4v) is 5.96. The monoisotopic (exact) mass is 583 g/mol. The molecule has 214 valence electrons. The Morgan fingerprint density at radius 3 is 2.08 bits per heavy atom. The third-order valence-corrected chi connectivity index (χ3v) is 8.45. The second-order valence-electron chi connectivity index (χ2n) is 10.9. The molecule has 2 amide bonds. The van der Waals surface area contributed by atoms with E-state index in [2.05, 4.69) is 5.32 Å². The lowest BCUT2D eigenvalue weighted by molar-refractivity contribution is -0.141. The molecule has 1 N–H and O–H groups in total. The summed E-state index contributed by atoms with van der Waals surface area (Å²) in [4.78, 5) is 29.0. The lowest BCUT2D eigenvalue weighted by atomic mass is 10.1. The first-order valence-corrected chi connectivity index (χ1v) is 15.1. The van der Waals surface area contributed by atoms with E-state index >= 15 is 0 Å². The average Bonchev–Trinajstić information content (AvgIpc) is 2.88. The third kappa shape index (κ3) is 7.86. The van der Waals surface area contributed by atoms with Crippen molar-refractivity contribution in [1.29, 1.82) is 0 Å². The van der Waals surface area contributed by atoms with Crippen LogP contribution in [0.5, 0.6) is 0 Å². The van der Waals surface area contributed by atoms with Gasteiger partial charge >= 0.3 is 0 Å². The number of para-hydroxylation sites is 1. The maximum Gasteiger partial charge on any atom is 0.264 e. The lowest BCUT2D eigenvalue weighted by Gasteiger charge is -2.35. The molecule has 3 aromatic carbocycles. The number of anilines is 1. The summed E-state index contributed by atoms with van der Waals surface area (Å²) in [6.07, 6.45) is 0.344. The minimum atomic E-state index is -4.11. The van der Waals surface area contributed by atoms with Crippen molar-refractivity contribution in [2.75, 3.05) is 10.8 Å². The summed E-state index contributed by atoms with van der Waals surface area (Å²) in [6, 6.07) is 19.8. The number of halogens is 1. The van der Waals surface area contributed by atoms with Crippen molar-refractivity contribution in [3.8, 4) is 0 Å². The van der Waals surface area contributed by atoms with Gasteiger partial charge in [-0.05, 0) is 82.5 Å². The molecule has 0 unspecified atom stereocenters. The Hall–Kier alpha value is -3.36. The standard InChI is InChI=1S/C31H38ClN3O4S/c1-7-27(30(37)33-31(4,5)6)34(20-24-14-16-25(32)17-15-24)29(36)21-35(28-11-9-8-10-23(28)3)40(38,39)26-18-12-22(2)13-19-26/h8-19,27H,7,20-21H2,1-6H3,(H,33,37)/t27-/m0/s1. The Kier molecular flexibility index (Phi) is 10.0. The number of hydrogen-bond acceptors (Lipinski definition) is 4. The average molecular weight is 584 g/mol. The highest BCUT2D eigenvalue weighted by atomic mass is 35.5. The molecule has 9 heteroatoms. The molecule has 0 saturated heterocycles. The van der Waals surface area contributed by atoms with E-state index in [9.17, 15) is 18.0 Å². The molecule has 0 saturated carbocycles. The maximum absolute atomic E-state index is 14.1. The van der Waals surface area contributed by atoms with Crippen LogP contribution in [0.15, 0.2) is 77.7 Å². The predicted octanol–water partition coefficient (Wildman–Crippen LogP) is 5.87. The second kappa shape index (κ2) is 12.9. The number of sulfonamides is 1. The molecule has 1 atom stereocenters. The van der Waals surface area contributed by atoms with Gasteiger partial charge in [-0.25, -0.2) is 8.42 Å². The smallest absolute Gasteiger partial charge is 0.264 e. The van der Waals surface area contributed by atoms with Crippen molar-refractivity contribution in [2.24, 2.45) is 0 Å². The van der Waals surface area contributed by atoms with Gasteiger partial charge in [-0.15, -0.1) is 0 Å². The number of amides is 2. The molecule has 0 radical (unpaired) electrons. The van der Waals surface area contributed by atoms with Gasteiger partial charge in [0.2, 0.25) is 11.8 Å². The summed E-state index contributed by atoms with van der Waals surface area (Å²) in [7, 11) is -4.11. The topological polar surface area (TPSA) is 86.8 Å². The van der Waals surface area contributed by atoms with Gasteiger partial charge in [0, 0.05) is 17.1 Å². The van der Waals surface area contributed by atoms with Crippen LogP contribution in [0.3, 0.4) is 0 Å². The van der Waals surface area contributed by atoms with Crippen LogP contribution in [0.2, 0.25) is 5.02 Å². The van der Waals surface area contributed by atoms with Gasteiger partial charge in [-0.2, -0.15) is 0 Å². The van der Waals surface area contributed by atoms with Gasteiger partial charge in [-0.3, -0.25) is 13.9 Å². The Morgan fingerprint density at radius 2 is 1.52 bits per heavy atom. The molecule has 0 aliphatic heterocycles. The quantitative estimate of drug-likeness (QED) is 0.323. The highest BCUT2D eigenvalue weighted by Gasteiger charge is 2.35. The molecule has 0 aromatic heterocycles. The molecule has 0 spiro atoms. The Labute approximate surface area is 243 Å². The first-order chi connectivity index (χ1) is 18.7. The zero-order chi connectivity index (χ0) is 29.7. The van der Waals surface area contributed by atoms with E-state index < -0.39 is 34.1 Å².